The third-order valence-corrected chi connectivity index (χ3v) is 2.81. The summed E-state index contributed by atoms with van der Waals surface area (Å²) in [5.41, 5.74) is -0.201. The SMILES string of the molecule is CCOC(=O)Cc1cc(C(F)F)c(C#N)c(CBr)n1. The number of nitrogens with zero attached hydrogens (tertiary/aromatic N) is 2. The first-order valence-corrected chi connectivity index (χ1v) is 6.58. The van der Waals surface area contributed by atoms with Crippen LogP contribution in [-0.2, 0) is 21.3 Å². The average Bonchev–Trinajstić information content (AvgIpc) is 2.37. The molecule has 0 aliphatic heterocycles. The van der Waals surface area contributed by atoms with Gasteiger partial charge in [-0.2, -0.15) is 5.26 Å². The molecule has 7 heteroatoms. The zero-order valence-electron chi connectivity index (χ0n) is 10.1. The number of alkyl halides is 3. The number of ether oxygens (including phenoxy) is 1. The molecule has 1 aromatic rings. The Morgan fingerprint density at radius 3 is 2.79 bits per heavy atom. The predicted octanol–water partition coefficient (Wildman–Crippen LogP) is 2.89. The Kier molecular flexibility index (Phi) is 5.83. The quantitative estimate of drug-likeness (QED) is 0.614. The van der Waals surface area contributed by atoms with Crippen LogP contribution in [0.4, 0.5) is 8.78 Å². The molecular formula is C12H11BrF2N2O2. The molecule has 0 saturated carbocycles. The topological polar surface area (TPSA) is 63.0 Å². The minimum atomic E-state index is -2.80. The molecule has 0 N–H and O–H groups in total. The lowest BCUT2D eigenvalue weighted by atomic mass is 10.1. The van der Waals surface area contributed by atoms with Crippen molar-refractivity contribution in [1.29, 1.82) is 5.26 Å². The van der Waals surface area contributed by atoms with E-state index in [0.717, 1.165) is 6.07 Å². The van der Waals surface area contributed by atoms with Crippen molar-refractivity contribution in [2.45, 2.75) is 25.1 Å². The van der Waals surface area contributed by atoms with Crippen LogP contribution in [-0.4, -0.2) is 17.6 Å². The summed E-state index contributed by atoms with van der Waals surface area (Å²) in [5, 5.41) is 9.06. The fraction of sp³-hybridized carbons (Fsp3) is 0.417. The van der Waals surface area contributed by atoms with Crippen LogP contribution in [0.5, 0.6) is 0 Å². The molecule has 0 aliphatic rings. The second kappa shape index (κ2) is 7.14. The first-order valence-electron chi connectivity index (χ1n) is 5.46. The molecular weight excluding hydrogens is 322 g/mol. The first kappa shape index (κ1) is 15.5. The van der Waals surface area contributed by atoms with Gasteiger partial charge in [0.15, 0.2) is 0 Å². The van der Waals surface area contributed by atoms with E-state index in [2.05, 4.69) is 20.9 Å². The second-order valence-corrected chi connectivity index (χ2v) is 4.11. The van der Waals surface area contributed by atoms with E-state index in [9.17, 15) is 13.6 Å². The van der Waals surface area contributed by atoms with E-state index in [4.69, 9.17) is 10.00 Å². The number of carbonyl (C=O) groups excluding carboxylic acids is 1. The Hall–Kier alpha value is -1.55. The summed E-state index contributed by atoms with van der Waals surface area (Å²) < 4.78 is 30.5. The molecule has 1 aromatic heterocycles. The number of halogens is 3. The molecule has 102 valence electrons. The maximum Gasteiger partial charge on any atom is 0.311 e. The van der Waals surface area contributed by atoms with Crippen LogP contribution in [0.2, 0.25) is 0 Å². The van der Waals surface area contributed by atoms with Gasteiger partial charge < -0.3 is 4.74 Å². The highest BCUT2D eigenvalue weighted by molar-refractivity contribution is 9.08. The fourth-order valence-electron chi connectivity index (χ4n) is 1.53. The van der Waals surface area contributed by atoms with Crippen molar-refractivity contribution >= 4 is 21.9 Å². The summed E-state index contributed by atoms with van der Waals surface area (Å²) in [6, 6.07) is 2.79. The van der Waals surface area contributed by atoms with Crippen LogP contribution in [0.15, 0.2) is 6.07 Å². The molecule has 0 aliphatic carbocycles. The van der Waals surface area contributed by atoms with Gasteiger partial charge in [-0.3, -0.25) is 9.78 Å². The van der Waals surface area contributed by atoms with Crippen molar-refractivity contribution in [3.8, 4) is 6.07 Å². The van der Waals surface area contributed by atoms with Gasteiger partial charge in [0, 0.05) is 10.9 Å². The summed E-state index contributed by atoms with van der Waals surface area (Å²) in [6.45, 7) is 1.86. The highest BCUT2D eigenvalue weighted by atomic mass is 79.9. The minimum Gasteiger partial charge on any atom is -0.466 e. The van der Waals surface area contributed by atoms with Crippen molar-refractivity contribution in [2.24, 2.45) is 0 Å². The van der Waals surface area contributed by atoms with Gasteiger partial charge in [-0.1, -0.05) is 15.9 Å². The van der Waals surface area contributed by atoms with Crippen LogP contribution in [0.1, 0.15) is 35.9 Å². The summed E-state index contributed by atoms with van der Waals surface area (Å²) >= 11 is 3.09. The molecule has 1 rings (SSSR count). The molecule has 4 nitrogen and oxygen atoms in total. The molecule has 0 bridgehead atoms. The number of nitriles is 1. The monoisotopic (exact) mass is 332 g/mol. The molecule has 19 heavy (non-hydrogen) atoms. The van der Waals surface area contributed by atoms with Crippen LogP contribution in [0.3, 0.4) is 0 Å². The number of hydrogen-bond acceptors (Lipinski definition) is 4. The van der Waals surface area contributed by atoms with Crippen LogP contribution >= 0.6 is 15.9 Å². The second-order valence-electron chi connectivity index (χ2n) is 3.55. The van der Waals surface area contributed by atoms with Crippen molar-refractivity contribution in [2.75, 3.05) is 6.61 Å². The third-order valence-electron chi connectivity index (χ3n) is 2.28. The van der Waals surface area contributed by atoms with Gasteiger partial charge in [0.2, 0.25) is 0 Å². The molecule has 1 heterocycles. The number of rotatable bonds is 5. The lowest BCUT2D eigenvalue weighted by Crippen LogP contribution is -2.11. The number of esters is 1. The predicted molar refractivity (Wildman–Crippen MR) is 66.9 cm³/mol. The van der Waals surface area contributed by atoms with E-state index >= 15 is 0 Å². The number of pyridine rings is 1. The van der Waals surface area contributed by atoms with Gasteiger partial charge in [0.05, 0.1) is 30.0 Å². The largest absolute Gasteiger partial charge is 0.466 e. The van der Waals surface area contributed by atoms with Gasteiger partial charge >= 0.3 is 5.97 Å². The Morgan fingerprint density at radius 1 is 1.63 bits per heavy atom. The van der Waals surface area contributed by atoms with E-state index in [1.807, 2.05) is 0 Å². The zero-order chi connectivity index (χ0) is 14.4. The van der Waals surface area contributed by atoms with Crippen LogP contribution in [0.25, 0.3) is 0 Å². The normalized spacial score (nSPS) is 10.3. The lowest BCUT2D eigenvalue weighted by molar-refractivity contribution is -0.142. The maximum atomic E-state index is 12.9. The summed E-state index contributed by atoms with van der Waals surface area (Å²) in [4.78, 5) is 15.3. The van der Waals surface area contributed by atoms with Crippen molar-refractivity contribution in [3.63, 3.8) is 0 Å². The first-order chi connectivity index (χ1) is 9.03. The number of hydrogen-bond donors (Lipinski definition) is 0. The summed E-state index contributed by atoms with van der Waals surface area (Å²) in [7, 11) is 0. The average molecular weight is 333 g/mol. The molecule has 0 spiro atoms. The molecule has 0 unspecified atom stereocenters. The number of carbonyl (C=O) groups is 1. The van der Waals surface area contributed by atoms with Crippen LogP contribution < -0.4 is 0 Å². The van der Waals surface area contributed by atoms with E-state index in [1.165, 1.54) is 0 Å². The summed E-state index contributed by atoms with van der Waals surface area (Å²) in [6.07, 6.45) is -2.99. The minimum absolute atomic E-state index is 0.153. The standard InChI is InChI=1S/C12H11BrF2N2O2/c1-2-19-11(18)4-7-3-8(12(14)15)9(6-16)10(5-13)17-7/h3,12H,2,4-5H2,1H3. The van der Waals surface area contributed by atoms with Gasteiger partial charge in [-0.15, -0.1) is 0 Å². The van der Waals surface area contributed by atoms with Crippen molar-refractivity contribution < 1.29 is 18.3 Å². The Balaban J connectivity index is 3.18. The van der Waals surface area contributed by atoms with Crippen molar-refractivity contribution in [1.82, 2.24) is 4.98 Å². The molecule has 0 saturated heterocycles. The van der Waals surface area contributed by atoms with Gasteiger partial charge in [0.1, 0.15) is 6.07 Å². The van der Waals surface area contributed by atoms with Gasteiger partial charge in [-0.05, 0) is 13.0 Å². The smallest absolute Gasteiger partial charge is 0.311 e. The Morgan fingerprint density at radius 2 is 2.32 bits per heavy atom. The highest BCUT2D eigenvalue weighted by Crippen LogP contribution is 2.26. The maximum absolute atomic E-state index is 12.9. The Bertz CT molecular complexity index is 515. The van der Waals surface area contributed by atoms with E-state index in [1.54, 1.807) is 13.0 Å². The Labute approximate surface area is 117 Å². The fourth-order valence-corrected chi connectivity index (χ4v) is 1.93. The zero-order valence-corrected chi connectivity index (χ0v) is 11.7. The van der Waals surface area contributed by atoms with E-state index in [-0.39, 0.29) is 35.3 Å². The molecule has 0 radical (unpaired) electrons. The summed E-state index contributed by atoms with van der Waals surface area (Å²) in [5.74, 6) is -0.541. The van der Waals surface area contributed by atoms with Crippen molar-refractivity contribution in [3.05, 3.63) is 28.6 Å². The number of aromatic nitrogens is 1. The highest BCUT2D eigenvalue weighted by Gasteiger charge is 2.20. The molecule has 0 aromatic carbocycles. The molecule has 0 fully saturated rings. The van der Waals surface area contributed by atoms with E-state index < -0.39 is 18.0 Å². The van der Waals surface area contributed by atoms with Crippen LogP contribution in [0, 0.1) is 11.3 Å². The van der Waals surface area contributed by atoms with Gasteiger partial charge in [0.25, 0.3) is 6.43 Å². The molecule has 0 amide bonds. The third kappa shape index (κ3) is 3.96. The van der Waals surface area contributed by atoms with E-state index in [0.29, 0.717) is 0 Å². The molecule has 0 atom stereocenters. The lowest BCUT2D eigenvalue weighted by Gasteiger charge is -2.10. The van der Waals surface area contributed by atoms with Gasteiger partial charge in [-0.25, -0.2) is 8.78 Å².